The van der Waals surface area contributed by atoms with Gasteiger partial charge in [0.1, 0.15) is 0 Å². The fourth-order valence-corrected chi connectivity index (χ4v) is 1.99. The van der Waals surface area contributed by atoms with E-state index in [-0.39, 0.29) is 18.8 Å². The van der Waals surface area contributed by atoms with Gasteiger partial charge >= 0.3 is 5.97 Å². The molecule has 0 rings (SSSR count). The van der Waals surface area contributed by atoms with E-state index in [1.165, 1.54) is 0 Å². The van der Waals surface area contributed by atoms with Crippen molar-refractivity contribution in [3.05, 3.63) is 0 Å². The number of carbonyl (C=O) groups excluding carboxylic acids is 1. The van der Waals surface area contributed by atoms with Gasteiger partial charge in [-0.2, -0.15) is 0 Å². The van der Waals surface area contributed by atoms with Gasteiger partial charge in [-0.3, -0.25) is 4.79 Å². The topological polar surface area (TPSA) is 84.5 Å². The van der Waals surface area contributed by atoms with E-state index >= 15 is 0 Å². The molecule has 0 atom stereocenters. The van der Waals surface area contributed by atoms with Crippen LogP contribution in [0.25, 0.3) is 0 Å². The summed E-state index contributed by atoms with van der Waals surface area (Å²) in [5.41, 5.74) is 0. The number of hydrogen-bond acceptors (Lipinski definition) is 5. The van der Waals surface area contributed by atoms with Crippen molar-refractivity contribution in [2.75, 3.05) is 32.0 Å². The van der Waals surface area contributed by atoms with Gasteiger partial charge in [-0.1, -0.05) is 6.92 Å². The fourth-order valence-electron chi connectivity index (χ4n) is 0.995. The van der Waals surface area contributed by atoms with E-state index in [2.05, 4.69) is 14.8 Å². The van der Waals surface area contributed by atoms with Crippen molar-refractivity contribution in [1.29, 1.82) is 0 Å². The average Bonchev–Trinajstić information content (AvgIpc) is 2.22. The summed E-state index contributed by atoms with van der Waals surface area (Å²) in [5, 5.41) is 2.99. The van der Waals surface area contributed by atoms with Gasteiger partial charge in [0.05, 0.1) is 18.8 Å². The van der Waals surface area contributed by atoms with Crippen LogP contribution in [0.1, 0.15) is 20.3 Å². The van der Waals surface area contributed by atoms with Gasteiger partial charge in [0, 0.05) is 13.1 Å². The predicted octanol–water partition coefficient (Wildman–Crippen LogP) is -0.531. The van der Waals surface area contributed by atoms with Crippen molar-refractivity contribution in [1.82, 2.24) is 10.0 Å². The Balaban J connectivity index is 3.74. The highest BCUT2D eigenvalue weighted by Crippen LogP contribution is 1.92. The van der Waals surface area contributed by atoms with Crippen LogP contribution in [0.3, 0.4) is 0 Å². The monoisotopic (exact) mass is 252 g/mol. The fraction of sp³-hybridized carbons (Fsp3) is 0.889. The Labute approximate surface area is 96.8 Å². The van der Waals surface area contributed by atoms with Crippen LogP contribution < -0.4 is 10.0 Å². The van der Waals surface area contributed by atoms with Crippen LogP contribution in [0.15, 0.2) is 0 Å². The van der Waals surface area contributed by atoms with Crippen molar-refractivity contribution in [2.45, 2.75) is 20.3 Å². The normalized spacial score (nSPS) is 11.4. The molecule has 2 N–H and O–H groups in total. The van der Waals surface area contributed by atoms with E-state index in [1.54, 1.807) is 6.92 Å². The van der Waals surface area contributed by atoms with E-state index in [4.69, 9.17) is 0 Å². The molecule has 0 unspecified atom stereocenters. The molecule has 0 aliphatic rings. The minimum atomic E-state index is -3.37. The zero-order chi connectivity index (χ0) is 12.4. The second-order valence-corrected chi connectivity index (χ2v) is 5.05. The quantitative estimate of drug-likeness (QED) is 0.425. The molecule has 0 aromatic heterocycles. The van der Waals surface area contributed by atoms with Crippen LogP contribution in [0.2, 0.25) is 0 Å². The standard InChI is InChI=1S/C9H20N2O4S/c1-3-10-6-7-11-16(13,14)8-5-9(12)15-4-2/h10-11H,3-8H2,1-2H3. The first-order valence-corrected chi connectivity index (χ1v) is 7.00. The molecule has 0 aliphatic heterocycles. The maximum Gasteiger partial charge on any atom is 0.306 e. The van der Waals surface area contributed by atoms with Crippen molar-refractivity contribution in [2.24, 2.45) is 0 Å². The van der Waals surface area contributed by atoms with Crippen LogP contribution in [0.4, 0.5) is 0 Å². The first kappa shape index (κ1) is 15.3. The molecule has 7 heteroatoms. The number of nitrogens with one attached hydrogen (secondary N) is 2. The third kappa shape index (κ3) is 8.63. The first-order chi connectivity index (χ1) is 7.52. The van der Waals surface area contributed by atoms with E-state index in [9.17, 15) is 13.2 Å². The van der Waals surface area contributed by atoms with Gasteiger partial charge in [0.2, 0.25) is 10.0 Å². The van der Waals surface area contributed by atoms with Crippen LogP contribution >= 0.6 is 0 Å². The van der Waals surface area contributed by atoms with Gasteiger partial charge in [-0.15, -0.1) is 0 Å². The van der Waals surface area contributed by atoms with Gasteiger partial charge < -0.3 is 10.1 Å². The summed E-state index contributed by atoms with van der Waals surface area (Å²) in [6, 6.07) is 0. The van der Waals surface area contributed by atoms with Crippen LogP contribution in [0, 0.1) is 0 Å². The lowest BCUT2D eigenvalue weighted by Gasteiger charge is -2.06. The van der Waals surface area contributed by atoms with Crippen molar-refractivity contribution in [3.63, 3.8) is 0 Å². The molecule has 0 saturated carbocycles. The zero-order valence-corrected chi connectivity index (χ0v) is 10.6. The largest absolute Gasteiger partial charge is 0.466 e. The van der Waals surface area contributed by atoms with E-state index in [1.807, 2.05) is 6.92 Å². The summed E-state index contributed by atoms with van der Waals surface area (Å²) in [6.07, 6.45) is -0.107. The van der Waals surface area contributed by atoms with E-state index in [0.29, 0.717) is 13.1 Å². The van der Waals surface area contributed by atoms with Crippen LogP contribution in [-0.4, -0.2) is 46.4 Å². The maximum atomic E-state index is 11.4. The highest BCUT2D eigenvalue weighted by atomic mass is 32.2. The first-order valence-electron chi connectivity index (χ1n) is 5.35. The molecular formula is C9H20N2O4S. The SMILES string of the molecule is CCNCCNS(=O)(=O)CCC(=O)OCC. The summed E-state index contributed by atoms with van der Waals surface area (Å²) in [5.74, 6) is -0.711. The van der Waals surface area contributed by atoms with Crippen molar-refractivity contribution in [3.8, 4) is 0 Å². The predicted molar refractivity (Wildman–Crippen MR) is 61.6 cm³/mol. The molecule has 96 valence electrons. The van der Waals surface area contributed by atoms with Crippen molar-refractivity contribution < 1.29 is 17.9 Å². The minimum Gasteiger partial charge on any atom is -0.466 e. The Morgan fingerprint density at radius 3 is 2.50 bits per heavy atom. The van der Waals surface area contributed by atoms with Gasteiger partial charge in [-0.05, 0) is 13.5 Å². The van der Waals surface area contributed by atoms with Crippen molar-refractivity contribution >= 4 is 16.0 Å². The molecule has 0 saturated heterocycles. The number of sulfonamides is 1. The molecule has 0 spiro atoms. The highest BCUT2D eigenvalue weighted by Gasteiger charge is 2.12. The highest BCUT2D eigenvalue weighted by molar-refractivity contribution is 7.89. The van der Waals surface area contributed by atoms with Gasteiger partial charge in [0.25, 0.3) is 0 Å². The Bertz CT molecular complexity index is 290. The lowest BCUT2D eigenvalue weighted by atomic mass is 10.5. The van der Waals surface area contributed by atoms with E-state index < -0.39 is 16.0 Å². The number of carbonyl (C=O) groups is 1. The molecule has 0 radical (unpaired) electrons. The van der Waals surface area contributed by atoms with Crippen LogP contribution in [0.5, 0.6) is 0 Å². The number of hydrogen-bond donors (Lipinski definition) is 2. The summed E-state index contributed by atoms with van der Waals surface area (Å²) in [7, 11) is -3.37. The molecule has 0 heterocycles. The average molecular weight is 252 g/mol. The molecule has 0 aromatic carbocycles. The molecule has 0 fully saturated rings. The van der Waals surface area contributed by atoms with Gasteiger partial charge in [-0.25, -0.2) is 13.1 Å². The van der Waals surface area contributed by atoms with E-state index in [0.717, 1.165) is 6.54 Å². The molecule has 6 nitrogen and oxygen atoms in total. The summed E-state index contributed by atoms with van der Waals surface area (Å²) in [4.78, 5) is 10.9. The number of ether oxygens (including phenoxy) is 1. The lowest BCUT2D eigenvalue weighted by Crippen LogP contribution is -2.33. The summed E-state index contributed by atoms with van der Waals surface area (Å²) >= 11 is 0. The lowest BCUT2D eigenvalue weighted by molar-refractivity contribution is -0.142. The molecule has 16 heavy (non-hydrogen) atoms. The Hall–Kier alpha value is -0.660. The Morgan fingerprint density at radius 1 is 1.25 bits per heavy atom. The maximum absolute atomic E-state index is 11.4. The Morgan fingerprint density at radius 2 is 1.94 bits per heavy atom. The summed E-state index contributed by atoms with van der Waals surface area (Å²) in [6.45, 7) is 5.60. The molecule has 0 aromatic rings. The second-order valence-electron chi connectivity index (χ2n) is 3.12. The molecule has 0 amide bonds. The smallest absolute Gasteiger partial charge is 0.306 e. The summed E-state index contributed by atoms with van der Waals surface area (Å²) < 4.78 is 29.7. The third-order valence-electron chi connectivity index (χ3n) is 1.75. The van der Waals surface area contributed by atoms with Crippen LogP contribution in [-0.2, 0) is 19.6 Å². The number of esters is 1. The second kappa shape index (κ2) is 8.49. The zero-order valence-electron chi connectivity index (χ0n) is 9.78. The molecular weight excluding hydrogens is 232 g/mol. The number of rotatable bonds is 9. The number of likely N-dealkylation sites (N-methyl/N-ethyl adjacent to an activating group) is 1. The molecule has 0 bridgehead atoms. The third-order valence-corrected chi connectivity index (χ3v) is 3.14. The Kier molecular flexibility index (Phi) is 8.14. The minimum absolute atomic E-state index is 0.107. The van der Waals surface area contributed by atoms with Gasteiger partial charge in [0.15, 0.2) is 0 Å². The molecule has 0 aliphatic carbocycles.